The molecule has 1 atom stereocenters. The van der Waals surface area contributed by atoms with Crippen molar-refractivity contribution in [1.82, 2.24) is 14.5 Å². The molecular weight excluding hydrogens is 450 g/mol. The third-order valence-electron chi connectivity index (χ3n) is 7.11. The van der Waals surface area contributed by atoms with Crippen molar-refractivity contribution >= 4 is 26.7 Å². The fourth-order valence-electron chi connectivity index (χ4n) is 5.12. The van der Waals surface area contributed by atoms with E-state index in [-0.39, 0.29) is 17.9 Å². The first-order valence-corrected chi connectivity index (χ1v) is 13.5. The van der Waals surface area contributed by atoms with Crippen LogP contribution >= 0.6 is 0 Å². The zero-order valence-corrected chi connectivity index (χ0v) is 20.0. The van der Waals surface area contributed by atoms with Gasteiger partial charge < -0.3 is 9.73 Å². The van der Waals surface area contributed by atoms with Crippen LogP contribution in [0.3, 0.4) is 0 Å². The summed E-state index contributed by atoms with van der Waals surface area (Å²) in [7, 11) is -3.59. The molecule has 34 heavy (non-hydrogen) atoms. The van der Waals surface area contributed by atoms with Crippen LogP contribution in [0.2, 0.25) is 0 Å². The highest BCUT2D eigenvalue weighted by Crippen LogP contribution is 2.28. The Kier molecular flexibility index (Phi) is 6.72. The lowest BCUT2D eigenvalue weighted by Gasteiger charge is -2.31. The highest BCUT2D eigenvalue weighted by molar-refractivity contribution is 7.89. The fourth-order valence-corrected chi connectivity index (χ4v) is 6.63. The Morgan fingerprint density at radius 1 is 0.971 bits per heavy atom. The summed E-state index contributed by atoms with van der Waals surface area (Å²) in [5, 5.41) is 5.03. The maximum Gasteiger partial charge on any atom is 0.243 e. The van der Waals surface area contributed by atoms with E-state index in [1.54, 1.807) is 18.4 Å². The first-order valence-electron chi connectivity index (χ1n) is 12.1. The Morgan fingerprint density at radius 3 is 2.41 bits per heavy atom. The van der Waals surface area contributed by atoms with Crippen LogP contribution in [0.4, 0.5) is 0 Å². The number of carbonyl (C=O) groups excluding carboxylic acids is 1. The van der Waals surface area contributed by atoms with Crippen molar-refractivity contribution in [1.29, 1.82) is 0 Å². The molecule has 180 valence electrons. The van der Waals surface area contributed by atoms with Crippen molar-refractivity contribution in [3.05, 3.63) is 66.6 Å². The predicted octanol–water partition coefficient (Wildman–Crippen LogP) is 3.79. The number of rotatable bonds is 7. The molecule has 0 radical (unpaired) electrons. The monoisotopic (exact) mass is 481 g/mol. The van der Waals surface area contributed by atoms with E-state index >= 15 is 0 Å². The number of likely N-dealkylation sites (tertiary alicyclic amines) is 1. The van der Waals surface area contributed by atoms with Gasteiger partial charge in [-0.15, -0.1) is 0 Å². The summed E-state index contributed by atoms with van der Waals surface area (Å²) in [5.41, 5.74) is 0. The van der Waals surface area contributed by atoms with Gasteiger partial charge in [0.1, 0.15) is 5.76 Å². The van der Waals surface area contributed by atoms with Gasteiger partial charge in [-0.1, -0.05) is 30.3 Å². The molecule has 1 aromatic heterocycles. The van der Waals surface area contributed by atoms with Gasteiger partial charge in [-0.25, -0.2) is 8.42 Å². The average molecular weight is 482 g/mol. The summed E-state index contributed by atoms with van der Waals surface area (Å²) in [6.07, 6.45) is 5.04. The molecular formula is C26H31N3O4S. The van der Waals surface area contributed by atoms with Crippen LogP contribution in [-0.2, 0) is 14.8 Å². The molecule has 3 heterocycles. The Bertz CT molecular complexity index is 1230. The van der Waals surface area contributed by atoms with E-state index in [2.05, 4.69) is 10.2 Å². The third-order valence-corrected chi connectivity index (χ3v) is 9.00. The van der Waals surface area contributed by atoms with Crippen LogP contribution in [0.25, 0.3) is 10.8 Å². The Hall–Kier alpha value is -2.68. The number of piperidine rings is 1. The molecule has 1 N–H and O–H groups in total. The zero-order chi connectivity index (χ0) is 23.5. The summed E-state index contributed by atoms with van der Waals surface area (Å²) >= 11 is 0. The second-order valence-corrected chi connectivity index (χ2v) is 11.1. The van der Waals surface area contributed by atoms with Crippen molar-refractivity contribution in [3.63, 3.8) is 0 Å². The van der Waals surface area contributed by atoms with Crippen LogP contribution in [-0.4, -0.2) is 56.3 Å². The quantitative estimate of drug-likeness (QED) is 0.555. The largest absolute Gasteiger partial charge is 0.468 e. The number of carbonyl (C=O) groups is 1. The minimum absolute atomic E-state index is 0.00138. The average Bonchev–Trinajstić information content (AvgIpc) is 3.59. The van der Waals surface area contributed by atoms with Crippen molar-refractivity contribution in [2.24, 2.45) is 5.92 Å². The van der Waals surface area contributed by atoms with Crippen molar-refractivity contribution in [2.45, 2.75) is 36.6 Å². The number of benzene rings is 2. The minimum Gasteiger partial charge on any atom is -0.468 e. The predicted molar refractivity (Wildman–Crippen MR) is 131 cm³/mol. The van der Waals surface area contributed by atoms with Crippen molar-refractivity contribution < 1.29 is 17.6 Å². The molecule has 8 heteroatoms. The van der Waals surface area contributed by atoms with Gasteiger partial charge >= 0.3 is 0 Å². The summed E-state index contributed by atoms with van der Waals surface area (Å²) < 4.78 is 33.6. The second kappa shape index (κ2) is 9.90. The number of hydrogen-bond donors (Lipinski definition) is 1. The molecule has 7 nitrogen and oxygen atoms in total. The molecule has 0 spiro atoms. The number of nitrogens with one attached hydrogen (secondary N) is 1. The number of fused-ring (bicyclic) bond motifs is 1. The van der Waals surface area contributed by atoms with E-state index in [0.717, 1.165) is 42.5 Å². The molecule has 0 bridgehead atoms. The number of nitrogens with zero attached hydrogens (tertiary/aromatic N) is 2. The van der Waals surface area contributed by atoms with Gasteiger partial charge in [-0.05, 0) is 73.8 Å². The summed E-state index contributed by atoms with van der Waals surface area (Å²) in [6, 6.07) is 16.9. The molecule has 0 aliphatic carbocycles. The molecule has 2 fully saturated rings. The van der Waals surface area contributed by atoms with E-state index in [0.29, 0.717) is 37.4 Å². The fraction of sp³-hybridized carbons (Fsp3) is 0.423. The van der Waals surface area contributed by atoms with Gasteiger partial charge in [0.2, 0.25) is 15.9 Å². The normalized spacial score (nSPS) is 19.4. The number of sulfonamides is 1. The Morgan fingerprint density at radius 2 is 1.71 bits per heavy atom. The minimum atomic E-state index is -3.59. The Labute approximate surface area is 200 Å². The molecule has 2 aromatic carbocycles. The first-order chi connectivity index (χ1) is 16.5. The molecule has 2 aliphatic heterocycles. The van der Waals surface area contributed by atoms with E-state index in [4.69, 9.17) is 4.42 Å². The second-order valence-electron chi connectivity index (χ2n) is 9.21. The van der Waals surface area contributed by atoms with Crippen LogP contribution in [0.15, 0.2) is 70.2 Å². The van der Waals surface area contributed by atoms with Gasteiger partial charge in [0.25, 0.3) is 0 Å². The van der Waals surface area contributed by atoms with Crippen LogP contribution in [0.5, 0.6) is 0 Å². The molecule has 2 saturated heterocycles. The van der Waals surface area contributed by atoms with Crippen molar-refractivity contribution in [3.8, 4) is 0 Å². The lowest BCUT2D eigenvalue weighted by atomic mass is 9.97. The zero-order valence-electron chi connectivity index (χ0n) is 19.2. The maximum absolute atomic E-state index is 13.2. The third kappa shape index (κ3) is 4.76. The molecule has 0 saturated carbocycles. The lowest BCUT2D eigenvalue weighted by Crippen LogP contribution is -2.44. The van der Waals surface area contributed by atoms with Gasteiger partial charge in [0.05, 0.1) is 17.2 Å². The molecule has 5 rings (SSSR count). The van der Waals surface area contributed by atoms with Crippen LogP contribution < -0.4 is 5.32 Å². The molecule has 1 amide bonds. The van der Waals surface area contributed by atoms with Crippen LogP contribution in [0, 0.1) is 5.92 Å². The Balaban J connectivity index is 1.19. The standard InChI is InChI=1S/C26H31N3O4S/c30-26(27-19-24(25-8-5-17-33-25)28-13-3-4-14-28)21-11-15-29(16-12-21)34(31,32)23-10-9-20-6-1-2-7-22(20)18-23/h1-2,5-10,17-18,21,24H,3-4,11-16,19H2,(H,27,30). The van der Waals surface area contributed by atoms with E-state index in [1.165, 1.54) is 4.31 Å². The van der Waals surface area contributed by atoms with E-state index in [1.807, 2.05) is 42.5 Å². The first kappa shape index (κ1) is 23.1. The van der Waals surface area contributed by atoms with Gasteiger partial charge in [0.15, 0.2) is 0 Å². The van der Waals surface area contributed by atoms with E-state index < -0.39 is 10.0 Å². The highest BCUT2D eigenvalue weighted by atomic mass is 32.2. The number of hydrogen-bond acceptors (Lipinski definition) is 5. The molecule has 1 unspecified atom stereocenters. The lowest BCUT2D eigenvalue weighted by molar-refractivity contribution is -0.126. The topological polar surface area (TPSA) is 82.9 Å². The molecule has 3 aromatic rings. The van der Waals surface area contributed by atoms with E-state index in [9.17, 15) is 13.2 Å². The van der Waals surface area contributed by atoms with Gasteiger partial charge in [-0.2, -0.15) is 4.31 Å². The summed E-state index contributed by atoms with van der Waals surface area (Å²) in [4.78, 5) is 15.6. The van der Waals surface area contributed by atoms with Crippen molar-refractivity contribution in [2.75, 3.05) is 32.7 Å². The van der Waals surface area contributed by atoms with Crippen LogP contribution in [0.1, 0.15) is 37.5 Å². The SMILES string of the molecule is O=C(NCC(c1ccco1)N1CCCC1)C1CCN(S(=O)(=O)c2ccc3ccccc3c2)CC1. The number of amides is 1. The smallest absolute Gasteiger partial charge is 0.243 e. The maximum atomic E-state index is 13.2. The summed E-state index contributed by atoms with van der Waals surface area (Å²) in [6.45, 7) is 3.21. The summed E-state index contributed by atoms with van der Waals surface area (Å²) in [5.74, 6) is 0.691. The highest BCUT2D eigenvalue weighted by Gasteiger charge is 2.33. The number of furan rings is 1. The molecule has 2 aliphatic rings. The van der Waals surface area contributed by atoms with Gasteiger partial charge in [0, 0.05) is 25.6 Å². The van der Waals surface area contributed by atoms with Gasteiger partial charge in [-0.3, -0.25) is 9.69 Å².